The van der Waals surface area contributed by atoms with Gasteiger partial charge in [0.25, 0.3) is 0 Å². The number of hydrogen-bond donors (Lipinski definition) is 5. The molecule has 0 amide bonds. The Morgan fingerprint density at radius 3 is 2.48 bits per heavy atom. The number of aromatic nitrogens is 1. The maximum atomic E-state index is 14.7. The lowest BCUT2D eigenvalue weighted by Gasteiger charge is -2.38. The van der Waals surface area contributed by atoms with E-state index >= 15 is 0 Å². The van der Waals surface area contributed by atoms with Gasteiger partial charge in [0.1, 0.15) is 35.4 Å². The van der Waals surface area contributed by atoms with Gasteiger partial charge in [-0.1, -0.05) is 6.58 Å². The third kappa shape index (κ3) is 4.12. The number of hydrogen-bond acceptors (Lipinski definition) is 9. The van der Waals surface area contributed by atoms with Crippen molar-refractivity contribution in [3.8, 4) is 23.0 Å². The first-order chi connectivity index (χ1) is 15.6. The second-order valence-corrected chi connectivity index (χ2v) is 7.26. The van der Waals surface area contributed by atoms with Crippen molar-refractivity contribution in [2.75, 3.05) is 0 Å². The Bertz CT molecular complexity index is 1240. The lowest BCUT2D eigenvalue weighted by molar-refractivity contribution is -0.271. The van der Waals surface area contributed by atoms with Crippen molar-refractivity contribution in [2.24, 2.45) is 0 Å². The van der Waals surface area contributed by atoms with Gasteiger partial charge < -0.3 is 39.4 Å². The van der Waals surface area contributed by atoms with E-state index in [9.17, 15) is 34.0 Å². The van der Waals surface area contributed by atoms with Crippen LogP contribution in [0.25, 0.3) is 28.4 Å². The number of aliphatic hydroxyl groups is 3. The first-order valence-electron chi connectivity index (χ1n) is 9.44. The molecule has 0 spiro atoms. The van der Waals surface area contributed by atoms with Gasteiger partial charge in [0.2, 0.25) is 12.2 Å². The summed E-state index contributed by atoms with van der Waals surface area (Å²) in [5.74, 6) is -4.33. The Hall–Kier alpha value is -3.58. The molecule has 0 bridgehead atoms. The van der Waals surface area contributed by atoms with Gasteiger partial charge in [-0.25, -0.2) is 18.6 Å². The van der Waals surface area contributed by atoms with Gasteiger partial charge in [-0.05, 0) is 24.3 Å². The largest absolute Gasteiger partial charge is 0.508 e. The first kappa shape index (κ1) is 22.6. The number of carboxylic acids is 1. The van der Waals surface area contributed by atoms with Crippen LogP contribution < -0.4 is 4.74 Å². The number of aromatic hydroxyl groups is 1. The summed E-state index contributed by atoms with van der Waals surface area (Å²) in [6.07, 6.45) is -9.41. The van der Waals surface area contributed by atoms with Gasteiger partial charge >= 0.3 is 5.97 Å². The maximum absolute atomic E-state index is 14.7. The summed E-state index contributed by atoms with van der Waals surface area (Å²) >= 11 is 0. The van der Waals surface area contributed by atoms with Crippen molar-refractivity contribution in [1.82, 2.24) is 4.98 Å². The highest BCUT2D eigenvalue weighted by Gasteiger charge is 2.48. The van der Waals surface area contributed by atoms with E-state index in [1.54, 1.807) is 0 Å². The number of phenolic OH excluding ortho intramolecular Hbond substituents is 1. The van der Waals surface area contributed by atoms with Crippen LogP contribution in [0.4, 0.5) is 8.78 Å². The Kier molecular flexibility index (Phi) is 5.76. The van der Waals surface area contributed by atoms with Crippen molar-refractivity contribution in [3.63, 3.8) is 0 Å². The summed E-state index contributed by atoms with van der Waals surface area (Å²) in [6.45, 7) is 3.17. The third-order valence-electron chi connectivity index (χ3n) is 5.00. The normalized spacial score (nSPS) is 25.2. The van der Waals surface area contributed by atoms with E-state index < -0.39 is 54.1 Å². The Balaban J connectivity index is 1.62. The minimum Gasteiger partial charge on any atom is -0.508 e. The van der Waals surface area contributed by atoms with Gasteiger partial charge in [-0.2, -0.15) is 0 Å². The highest BCUT2D eigenvalue weighted by molar-refractivity contribution is 5.88. The maximum Gasteiger partial charge on any atom is 0.335 e. The number of oxazole rings is 1. The van der Waals surface area contributed by atoms with Crippen LogP contribution in [-0.4, -0.2) is 67.2 Å². The molecule has 1 aliphatic heterocycles. The fourth-order valence-electron chi connectivity index (χ4n) is 3.35. The van der Waals surface area contributed by atoms with Gasteiger partial charge in [0.15, 0.2) is 23.3 Å². The topological polar surface area (TPSA) is 163 Å². The van der Waals surface area contributed by atoms with Gasteiger partial charge in [0, 0.05) is 11.6 Å². The minimum absolute atomic E-state index is 0.0120. The molecule has 5 N–H and O–H groups in total. The standard InChI is InChI=1S/C21H17F2NO9/c1-7(22)10-5-9(25)6-12-17(10)32-19(24-12)8-2-3-13(11(23)4-8)31-21-16(28)14(26)15(27)18(33-21)20(29)30/h2-6,14-16,18,21,25-28H,1H2,(H,29,30)/t14-,15-,16+,18-,21+/m0/s1. The zero-order valence-corrected chi connectivity index (χ0v) is 16.6. The Morgan fingerprint density at radius 2 is 1.85 bits per heavy atom. The van der Waals surface area contributed by atoms with Crippen molar-refractivity contribution in [1.29, 1.82) is 0 Å². The molecule has 0 unspecified atom stereocenters. The van der Waals surface area contributed by atoms with Gasteiger partial charge in [-0.15, -0.1) is 0 Å². The Labute approximate surface area is 183 Å². The number of carboxylic acid groups (broad SMARTS) is 1. The molecular formula is C21H17F2NO9. The molecule has 2 heterocycles. The van der Waals surface area contributed by atoms with E-state index in [4.69, 9.17) is 19.0 Å². The quantitative estimate of drug-likeness (QED) is 0.374. The highest BCUT2D eigenvalue weighted by Crippen LogP contribution is 2.34. The van der Waals surface area contributed by atoms with Crippen LogP contribution in [0.1, 0.15) is 5.56 Å². The molecule has 174 valence electrons. The monoisotopic (exact) mass is 465 g/mol. The van der Waals surface area contributed by atoms with Gasteiger partial charge in [-0.3, -0.25) is 0 Å². The number of benzene rings is 2. The highest BCUT2D eigenvalue weighted by atomic mass is 19.1. The number of halogens is 2. The number of phenols is 1. The number of fused-ring (bicyclic) bond motifs is 1. The minimum atomic E-state index is -1.92. The van der Waals surface area contributed by atoms with Crippen molar-refractivity contribution < 1.29 is 53.0 Å². The lowest BCUT2D eigenvalue weighted by atomic mass is 9.99. The van der Waals surface area contributed by atoms with Crippen LogP contribution in [0.15, 0.2) is 41.3 Å². The molecule has 33 heavy (non-hydrogen) atoms. The van der Waals surface area contributed by atoms with E-state index in [-0.39, 0.29) is 33.9 Å². The van der Waals surface area contributed by atoms with Crippen molar-refractivity contribution in [3.05, 3.63) is 48.3 Å². The summed E-state index contributed by atoms with van der Waals surface area (Å²) in [5.41, 5.74) is 0.0730. The molecule has 5 atom stereocenters. The molecular weight excluding hydrogens is 448 g/mol. The number of nitrogens with zero attached hydrogens (tertiary/aromatic N) is 1. The van der Waals surface area contributed by atoms with Gasteiger partial charge in [0.05, 0.1) is 5.56 Å². The Morgan fingerprint density at radius 1 is 1.12 bits per heavy atom. The number of carbonyl (C=O) groups is 1. The summed E-state index contributed by atoms with van der Waals surface area (Å²) in [4.78, 5) is 15.3. The van der Waals surface area contributed by atoms with E-state index in [1.165, 1.54) is 12.1 Å². The molecule has 10 nitrogen and oxygen atoms in total. The van der Waals surface area contributed by atoms with Crippen LogP contribution in [0.2, 0.25) is 0 Å². The zero-order chi connectivity index (χ0) is 24.0. The summed E-state index contributed by atoms with van der Waals surface area (Å²) in [5, 5.41) is 48.3. The molecule has 4 rings (SSSR count). The van der Waals surface area contributed by atoms with Crippen molar-refractivity contribution in [2.45, 2.75) is 30.7 Å². The predicted molar refractivity (Wildman–Crippen MR) is 106 cm³/mol. The third-order valence-corrected chi connectivity index (χ3v) is 5.00. The van der Waals surface area contributed by atoms with E-state index in [0.717, 1.165) is 18.2 Å². The average Bonchev–Trinajstić information content (AvgIpc) is 3.18. The SMILES string of the molecule is C=C(F)c1cc(O)cc2nc(-c3ccc(O[C@@H]4O[C@H](C(=O)O)[C@@H](O)[C@H](O)[C@H]4O)c(F)c3)oc12. The molecule has 12 heteroatoms. The summed E-state index contributed by atoms with van der Waals surface area (Å²) in [7, 11) is 0. The van der Waals surface area contributed by atoms with Crippen LogP contribution in [-0.2, 0) is 9.53 Å². The molecule has 1 fully saturated rings. The van der Waals surface area contributed by atoms with Crippen LogP contribution >= 0.6 is 0 Å². The zero-order valence-electron chi connectivity index (χ0n) is 16.6. The van der Waals surface area contributed by atoms with Crippen molar-refractivity contribution >= 4 is 22.9 Å². The smallest absolute Gasteiger partial charge is 0.335 e. The van der Waals surface area contributed by atoms with E-state index in [2.05, 4.69) is 11.6 Å². The molecule has 1 saturated heterocycles. The predicted octanol–water partition coefficient (Wildman–Crippen LogP) is 1.55. The molecule has 1 aliphatic rings. The van der Waals surface area contributed by atoms with E-state index in [0.29, 0.717) is 0 Å². The number of aliphatic carboxylic acids is 1. The molecule has 1 aromatic heterocycles. The number of rotatable bonds is 5. The first-order valence-corrected chi connectivity index (χ1v) is 9.44. The molecule has 0 aliphatic carbocycles. The fourth-order valence-corrected chi connectivity index (χ4v) is 3.35. The summed E-state index contributed by atoms with van der Waals surface area (Å²) in [6, 6.07) is 5.68. The number of ether oxygens (including phenoxy) is 2. The fraction of sp³-hybridized carbons (Fsp3) is 0.238. The second kappa shape index (κ2) is 8.41. The van der Waals surface area contributed by atoms with E-state index in [1.807, 2.05) is 0 Å². The summed E-state index contributed by atoms with van der Waals surface area (Å²) < 4.78 is 44.0. The second-order valence-electron chi connectivity index (χ2n) is 7.26. The molecule has 2 aromatic carbocycles. The van der Waals surface area contributed by atoms with Crippen LogP contribution in [0.5, 0.6) is 11.5 Å². The average molecular weight is 465 g/mol. The van der Waals surface area contributed by atoms with Crippen LogP contribution in [0, 0.1) is 5.82 Å². The molecule has 3 aromatic rings. The lowest BCUT2D eigenvalue weighted by Crippen LogP contribution is -2.61. The molecule has 0 saturated carbocycles. The number of aliphatic hydroxyl groups excluding tert-OH is 3. The molecule has 0 radical (unpaired) electrons. The van der Waals surface area contributed by atoms with Crippen LogP contribution in [0.3, 0.4) is 0 Å².